The third kappa shape index (κ3) is 2.05. The van der Waals surface area contributed by atoms with Gasteiger partial charge in [0.25, 0.3) is 0 Å². The van der Waals surface area contributed by atoms with Crippen LogP contribution in [0.15, 0.2) is 5.10 Å². The Morgan fingerprint density at radius 3 is 2.50 bits per heavy atom. The summed E-state index contributed by atoms with van der Waals surface area (Å²) in [5.74, 6) is -0.893. The van der Waals surface area contributed by atoms with Crippen LogP contribution in [0.2, 0.25) is 0 Å². The summed E-state index contributed by atoms with van der Waals surface area (Å²) in [7, 11) is 0. The Bertz CT molecular complexity index is 266. The Balaban J connectivity index is 2.87. The van der Waals surface area contributed by atoms with E-state index in [1.165, 1.54) is 0 Å². The largest absolute Gasteiger partial charge is 0.477 e. The molecular weight excluding hydrogens is 180 g/mol. The lowest BCUT2D eigenvalue weighted by Gasteiger charge is -2.35. The number of carboxylic acid groups (broad SMARTS) is 1. The fraction of sp³-hybridized carbons (Fsp3) is 0.800. The molecule has 1 unspecified atom stereocenters. The molecule has 1 aliphatic heterocycles. The van der Waals surface area contributed by atoms with Gasteiger partial charge in [-0.3, -0.25) is 5.01 Å². The van der Waals surface area contributed by atoms with Crippen molar-refractivity contribution in [2.24, 2.45) is 5.10 Å². The molecule has 1 aliphatic rings. The van der Waals surface area contributed by atoms with Crippen molar-refractivity contribution in [1.29, 1.82) is 0 Å². The summed E-state index contributed by atoms with van der Waals surface area (Å²) in [5.41, 5.74) is 0.185. The Labute approximate surface area is 84.6 Å². The van der Waals surface area contributed by atoms with Gasteiger partial charge in [0.15, 0.2) is 0 Å². The minimum Gasteiger partial charge on any atom is -0.477 e. The van der Waals surface area contributed by atoms with Crippen LogP contribution in [0.5, 0.6) is 0 Å². The van der Waals surface area contributed by atoms with E-state index in [9.17, 15) is 4.79 Å². The summed E-state index contributed by atoms with van der Waals surface area (Å²) < 4.78 is 0. The summed E-state index contributed by atoms with van der Waals surface area (Å²) in [6.07, 6.45) is 1.49. The van der Waals surface area contributed by atoms with Crippen molar-refractivity contribution in [3.05, 3.63) is 0 Å². The van der Waals surface area contributed by atoms with Gasteiger partial charge in [0.1, 0.15) is 5.71 Å². The third-order valence-electron chi connectivity index (χ3n) is 2.41. The molecule has 0 aromatic carbocycles. The van der Waals surface area contributed by atoms with Crippen molar-refractivity contribution < 1.29 is 9.90 Å². The molecule has 0 radical (unpaired) electrons. The zero-order valence-electron chi connectivity index (χ0n) is 9.24. The highest BCUT2D eigenvalue weighted by Crippen LogP contribution is 2.26. The van der Waals surface area contributed by atoms with Gasteiger partial charge in [-0.05, 0) is 27.2 Å². The van der Waals surface area contributed by atoms with Gasteiger partial charge in [-0.1, -0.05) is 6.92 Å². The molecule has 0 aromatic rings. The molecule has 4 nitrogen and oxygen atoms in total. The molecule has 0 saturated carbocycles. The first-order valence-corrected chi connectivity index (χ1v) is 4.96. The van der Waals surface area contributed by atoms with Crippen molar-refractivity contribution in [3.8, 4) is 0 Å². The molecule has 0 saturated heterocycles. The van der Waals surface area contributed by atoms with Crippen molar-refractivity contribution in [2.75, 3.05) is 0 Å². The van der Waals surface area contributed by atoms with Gasteiger partial charge in [-0.25, -0.2) is 4.79 Å². The van der Waals surface area contributed by atoms with Crippen molar-refractivity contribution >= 4 is 11.7 Å². The minimum absolute atomic E-state index is 0.0993. The average Bonchev–Trinajstić information content (AvgIpc) is 2.46. The topological polar surface area (TPSA) is 52.9 Å². The van der Waals surface area contributed by atoms with Crippen LogP contribution in [-0.2, 0) is 4.79 Å². The first-order valence-electron chi connectivity index (χ1n) is 4.96. The second-order valence-corrected chi connectivity index (χ2v) is 4.63. The van der Waals surface area contributed by atoms with E-state index in [-0.39, 0.29) is 17.3 Å². The average molecular weight is 198 g/mol. The SMILES string of the molecule is CCC1CC(C(=O)O)=NN1C(C)(C)C. The van der Waals surface area contributed by atoms with Crippen LogP contribution < -0.4 is 0 Å². The van der Waals surface area contributed by atoms with Gasteiger partial charge < -0.3 is 5.11 Å². The zero-order chi connectivity index (χ0) is 10.9. The molecule has 0 spiro atoms. The molecule has 14 heavy (non-hydrogen) atoms. The highest BCUT2D eigenvalue weighted by Gasteiger charge is 2.34. The van der Waals surface area contributed by atoms with Crippen LogP contribution in [0, 0.1) is 0 Å². The molecule has 4 heteroatoms. The summed E-state index contributed by atoms with van der Waals surface area (Å²) in [4.78, 5) is 10.8. The number of carbonyl (C=O) groups is 1. The molecule has 1 rings (SSSR count). The number of carboxylic acids is 1. The number of hydrogen-bond donors (Lipinski definition) is 1. The highest BCUT2D eigenvalue weighted by atomic mass is 16.4. The van der Waals surface area contributed by atoms with Gasteiger partial charge in [-0.2, -0.15) is 5.10 Å². The number of aliphatic carboxylic acids is 1. The number of rotatable bonds is 2. The monoisotopic (exact) mass is 198 g/mol. The van der Waals surface area contributed by atoms with Crippen LogP contribution in [0.4, 0.5) is 0 Å². The van der Waals surface area contributed by atoms with Crippen LogP contribution in [0.3, 0.4) is 0 Å². The predicted octanol–water partition coefficient (Wildman–Crippen LogP) is 1.71. The molecule has 1 atom stereocenters. The Morgan fingerprint density at radius 2 is 2.21 bits per heavy atom. The second kappa shape index (κ2) is 3.59. The van der Waals surface area contributed by atoms with Crippen molar-refractivity contribution in [1.82, 2.24) is 5.01 Å². The maximum Gasteiger partial charge on any atom is 0.352 e. The van der Waals surface area contributed by atoms with Crippen molar-refractivity contribution in [2.45, 2.75) is 52.1 Å². The summed E-state index contributed by atoms with van der Waals surface area (Å²) in [6, 6.07) is 0.237. The molecule has 0 bridgehead atoms. The second-order valence-electron chi connectivity index (χ2n) is 4.63. The van der Waals surface area contributed by atoms with Gasteiger partial charge in [0, 0.05) is 12.0 Å². The fourth-order valence-corrected chi connectivity index (χ4v) is 1.71. The Hall–Kier alpha value is -1.06. The van der Waals surface area contributed by atoms with Crippen LogP contribution in [0.1, 0.15) is 40.5 Å². The molecular formula is C10H18N2O2. The lowest BCUT2D eigenvalue weighted by molar-refractivity contribution is -0.129. The molecule has 0 aromatic heterocycles. The third-order valence-corrected chi connectivity index (χ3v) is 2.41. The molecule has 0 aliphatic carbocycles. The summed E-state index contributed by atoms with van der Waals surface area (Å²) in [6.45, 7) is 8.20. The smallest absolute Gasteiger partial charge is 0.352 e. The van der Waals surface area contributed by atoms with E-state index in [4.69, 9.17) is 5.11 Å². The minimum atomic E-state index is -0.893. The maximum absolute atomic E-state index is 10.8. The van der Waals surface area contributed by atoms with Crippen molar-refractivity contribution in [3.63, 3.8) is 0 Å². The highest BCUT2D eigenvalue weighted by molar-refractivity contribution is 6.36. The lowest BCUT2D eigenvalue weighted by atomic mass is 10.0. The summed E-state index contributed by atoms with van der Waals surface area (Å²) in [5, 5.41) is 14.9. The van der Waals surface area contributed by atoms with Gasteiger partial charge in [0.2, 0.25) is 0 Å². The lowest BCUT2D eigenvalue weighted by Crippen LogP contribution is -2.41. The number of nitrogens with zero attached hydrogens (tertiary/aromatic N) is 2. The van der Waals surface area contributed by atoms with Crippen LogP contribution >= 0.6 is 0 Å². The van der Waals surface area contributed by atoms with E-state index in [0.717, 1.165) is 6.42 Å². The Kier molecular flexibility index (Phi) is 2.83. The van der Waals surface area contributed by atoms with E-state index in [1.807, 2.05) is 25.8 Å². The van der Waals surface area contributed by atoms with Gasteiger partial charge in [-0.15, -0.1) is 0 Å². The first-order chi connectivity index (χ1) is 6.36. The van der Waals surface area contributed by atoms with E-state index >= 15 is 0 Å². The number of hydrogen-bond acceptors (Lipinski definition) is 3. The van der Waals surface area contributed by atoms with E-state index in [1.54, 1.807) is 0 Å². The van der Waals surface area contributed by atoms with Crippen LogP contribution in [-0.4, -0.2) is 33.4 Å². The van der Waals surface area contributed by atoms with Gasteiger partial charge in [0.05, 0.1) is 6.04 Å². The normalized spacial score (nSPS) is 22.4. The molecule has 1 N–H and O–H groups in total. The molecule has 80 valence electrons. The maximum atomic E-state index is 10.8. The van der Waals surface area contributed by atoms with Crippen LogP contribution in [0.25, 0.3) is 0 Å². The molecule has 0 amide bonds. The van der Waals surface area contributed by atoms with E-state index in [0.29, 0.717) is 6.42 Å². The number of hydrazone groups is 1. The Morgan fingerprint density at radius 1 is 1.64 bits per heavy atom. The molecule has 1 heterocycles. The quantitative estimate of drug-likeness (QED) is 0.735. The zero-order valence-corrected chi connectivity index (χ0v) is 9.24. The predicted molar refractivity (Wildman–Crippen MR) is 55.4 cm³/mol. The first kappa shape index (κ1) is 11.0. The van der Waals surface area contributed by atoms with E-state index < -0.39 is 5.97 Å². The van der Waals surface area contributed by atoms with Gasteiger partial charge >= 0.3 is 5.97 Å². The fourth-order valence-electron chi connectivity index (χ4n) is 1.71. The standard InChI is InChI=1S/C10H18N2O2/c1-5-7-6-8(9(13)14)11-12(7)10(2,3)4/h7H,5-6H2,1-4H3,(H,13,14). The summed E-state index contributed by atoms with van der Waals surface area (Å²) >= 11 is 0. The van der Waals surface area contributed by atoms with E-state index in [2.05, 4.69) is 12.0 Å². The molecule has 0 fully saturated rings.